The highest BCUT2D eigenvalue weighted by atomic mass is 127. The number of halogens is 1. The van der Waals surface area contributed by atoms with Crippen LogP contribution in [0.1, 0.15) is 4.88 Å². The van der Waals surface area contributed by atoms with Crippen LogP contribution in [0.2, 0.25) is 0 Å². The van der Waals surface area contributed by atoms with Crippen LogP contribution in [-0.2, 0) is 0 Å². The lowest BCUT2D eigenvalue weighted by Gasteiger charge is -1.90. The van der Waals surface area contributed by atoms with Crippen LogP contribution in [0.5, 0.6) is 5.88 Å². The highest BCUT2D eigenvalue weighted by molar-refractivity contribution is 14.1. The lowest BCUT2D eigenvalue weighted by atomic mass is 10.5. The summed E-state index contributed by atoms with van der Waals surface area (Å²) in [6.07, 6.45) is 0. The van der Waals surface area contributed by atoms with Crippen LogP contribution < -0.4 is 4.74 Å². The van der Waals surface area contributed by atoms with Gasteiger partial charge in [-0.3, -0.25) is 0 Å². The van der Waals surface area contributed by atoms with Gasteiger partial charge in [-0.05, 0) is 41.0 Å². The maximum atomic E-state index is 4.96. The molecule has 0 radical (unpaired) electrons. The zero-order chi connectivity index (χ0) is 6.85. The van der Waals surface area contributed by atoms with Crippen LogP contribution in [0.3, 0.4) is 0 Å². The number of hydrogen-bond acceptors (Lipinski definition) is 3. The molecule has 0 aliphatic heterocycles. The fourth-order valence-corrected chi connectivity index (χ4v) is 1.82. The Balaban J connectivity index is 3.04. The minimum Gasteiger partial charge on any atom is -0.480 e. The molecule has 0 fully saturated rings. The van der Waals surface area contributed by atoms with Crippen molar-refractivity contribution in [2.75, 3.05) is 7.11 Å². The maximum Gasteiger partial charge on any atom is 0.238 e. The molecule has 0 aliphatic carbocycles. The Hall–Kier alpha value is 0.160. The molecule has 1 aromatic rings. The molecule has 9 heavy (non-hydrogen) atoms. The Morgan fingerprint density at radius 2 is 2.33 bits per heavy atom. The number of aryl methyl sites for hydroxylation is 1. The number of ether oxygens (including phenoxy) is 1. The molecule has 0 amide bonds. The Morgan fingerprint density at radius 1 is 1.67 bits per heavy atom. The average molecular weight is 255 g/mol. The lowest BCUT2D eigenvalue weighted by Crippen LogP contribution is -1.83. The zero-order valence-corrected chi connectivity index (χ0v) is 8.12. The molecular weight excluding hydrogens is 249 g/mol. The van der Waals surface area contributed by atoms with Gasteiger partial charge in [-0.2, -0.15) is 4.37 Å². The van der Waals surface area contributed by atoms with Crippen molar-refractivity contribution in [3.05, 3.63) is 8.45 Å². The van der Waals surface area contributed by atoms with E-state index in [1.807, 2.05) is 6.92 Å². The smallest absolute Gasteiger partial charge is 0.238 e. The quantitative estimate of drug-likeness (QED) is 0.716. The van der Waals surface area contributed by atoms with Gasteiger partial charge in [0.2, 0.25) is 5.88 Å². The van der Waals surface area contributed by atoms with Crippen LogP contribution in [0.4, 0.5) is 0 Å². The van der Waals surface area contributed by atoms with Crippen LogP contribution in [0.15, 0.2) is 0 Å². The molecule has 2 nitrogen and oxygen atoms in total. The van der Waals surface area contributed by atoms with Gasteiger partial charge in [0.15, 0.2) is 0 Å². The second-order valence-electron chi connectivity index (χ2n) is 1.56. The minimum atomic E-state index is 0.748. The Kier molecular flexibility index (Phi) is 2.29. The van der Waals surface area contributed by atoms with E-state index < -0.39 is 0 Å². The summed E-state index contributed by atoms with van der Waals surface area (Å²) in [7, 11) is 1.64. The van der Waals surface area contributed by atoms with Gasteiger partial charge < -0.3 is 4.74 Å². The first-order chi connectivity index (χ1) is 4.25. The highest BCUT2D eigenvalue weighted by Crippen LogP contribution is 2.25. The van der Waals surface area contributed by atoms with E-state index in [4.69, 9.17) is 4.74 Å². The minimum absolute atomic E-state index is 0.748. The third-order valence-corrected chi connectivity index (χ3v) is 3.33. The highest BCUT2D eigenvalue weighted by Gasteiger charge is 2.05. The number of hydrogen-bond donors (Lipinski definition) is 0. The van der Waals surface area contributed by atoms with E-state index in [2.05, 4.69) is 27.0 Å². The summed E-state index contributed by atoms with van der Waals surface area (Å²) < 4.78 is 10.1. The second-order valence-corrected chi connectivity index (χ2v) is 3.62. The fourth-order valence-electron chi connectivity index (χ4n) is 0.468. The molecule has 1 aromatic heterocycles. The first-order valence-electron chi connectivity index (χ1n) is 2.41. The van der Waals surface area contributed by atoms with Crippen molar-refractivity contribution in [3.8, 4) is 5.88 Å². The van der Waals surface area contributed by atoms with E-state index >= 15 is 0 Å². The second kappa shape index (κ2) is 2.83. The van der Waals surface area contributed by atoms with Crippen molar-refractivity contribution in [1.82, 2.24) is 4.37 Å². The third kappa shape index (κ3) is 1.35. The van der Waals surface area contributed by atoms with Crippen LogP contribution in [0, 0.1) is 10.5 Å². The molecule has 0 spiro atoms. The van der Waals surface area contributed by atoms with Gasteiger partial charge in [-0.1, -0.05) is 0 Å². The molecule has 1 rings (SSSR count). The summed E-state index contributed by atoms with van der Waals surface area (Å²) in [5, 5.41) is 0. The summed E-state index contributed by atoms with van der Waals surface area (Å²) in [6.45, 7) is 2.03. The van der Waals surface area contributed by atoms with Gasteiger partial charge in [0.05, 0.1) is 10.7 Å². The van der Waals surface area contributed by atoms with Gasteiger partial charge in [0, 0.05) is 4.88 Å². The summed E-state index contributed by atoms with van der Waals surface area (Å²) >= 11 is 3.70. The lowest BCUT2D eigenvalue weighted by molar-refractivity contribution is 0.399. The Labute approximate surface area is 71.5 Å². The van der Waals surface area contributed by atoms with Gasteiger partial charge in [-0.25, -0.2) is 0 Å². The molecular formula is C5H6INOS. The van der Waals surface area contributed by atoms with E-state index in [-0.39, 0.29) is 0 Å². The molecule has 0 saturated heterocycles. The number of nitrogens with zero attached hydrogens (tertiary/aromatic N) is 1. The molecule has 0 atom stereocenters. The molecule has 0 unspecified atom stereocenters. The molecule has 1 heterocycles. The van der Waals surface area contributed by atoms with Crippen molar-refractivity contribution in [2.45, 2.75) is 6.92 Å². The maximum absolute atomic E-state index is 4.96. The van der Waals surface area contributed by atoms with Crippen molar-refractivity contribution < 1.29 is 4.74 Å². The molecule has 4 heteroatoms. The normalized spacial score (nSPS) is 9.67. The largest absolute Gasteiger partial charge is 0.480 e. The summed E-state index contributed by atoms with van der Waals surface area (Å²) in [6, 6.07) is 0. The summed E-state index contributed by atoms with van der Waals surface area (Å²) in [4.78, 5) is 1.22. The number of aromatic nitrogens is 1. The predicted molar refractivity (Wildman–Crippen MR) is 46.1 cm³/mol. The van der Waals surface area contributed by atoms with Gasteiger partial charge in [-0.15, -0.1) is 0 Å². The first kappa shape index (κ1) is 7.27. The van der Waals surface area contributed by atoms with Crippen LogP contribution in [0.25, 0.3) is 0 Å². The zero-order valence-electron chi connectivity index (χ0n) is 5.14. The standard InChI is InChI=1S/C5H6INOS/c1-3-4(6)5(8-2)7-9-3/h1-2H3. The van der Waals surface area contributed by atoms with Crippen molar-refractivity contribution in [3.63, 3.8) is 0 Å². The van der Waals surface area contributed by atoms with Crippen LogP contribution >= 0.6 is 34.1 Å². The van der Waals surface area contributed by atoms with Crippen molar-refractivity contribution in [1.29, 1.82) is 0 Å². The van der Waals surface area contributed by atoms with E-state index in [9.17, 15) is 0 Å². The Morgan fingerprint density at radius 3 is 2.56 bits per heavy atom. The summed E-state index contributed by atoms with van der Waals surface area (Å²) in [5.41, 5.74) is 0. The number of methoxy groups -OCH3 is 1. The molecule has 0 saturated carbocycles. The molecule has 0 aliphatic rings. The van der Waals surface area contributed by atoms with Gasteiger partial charge in [0.25, 0.3) is 0 Å². The van der Waals surface area contributed by atoms with E-state index in [0.717, 1.165) is 9.45 Å². The predicted octanol–water partition coefficient (Wildman–Crippen LogP) is 2.06. The van der Waals surface area contributed by atoms with E-state index in [0.29, 0.717) is 0 Å². The summed E-state index contributed by atoms with van der Waals surface area (Å²) in [5.74, 6) is 0.748. The first-order valence-corrected chi connectivity index (χ1v) is 4.26. The molecule has 0 bridgehead atoms. The topological polar surface area (TPSA) is 22.1 Å². The monoisotopic (exact) mass is 255 g/mol. The van der Waals surface area contributed by atoms with Crippen LogP contribution in [-0.4, -0.2) is 11.5 Å². The van der Waals surface area contributed by atoms with Gasteiger partial charge in [0.1, 0.15) is 0 Å². The van der Waals surface area contributed by atoms with Crippen molar-refractivity contribution in [2.24, 2.45) is 0 Å². The molecule has 0 aromatic carbocycles. The Bertz CT molecular complexity index is 211. The SMILES string of the molecule is COc1nsc(C)c1I. The average Bonchev–Trinajstić information content (AvgIpc) is 2.15. The number of rotatable bonds is 1. The molecule has 50 valence electrons. The third-order valence-electron chi connectivity index (χ3n) is 0.956. The van der Waals surface area contributed by atoms with Gasteiger partial charge >= 0.3 is 0 Å². The van der Waals surface area contributed by atoms with E-state index in [1.54, 1.807) is 7.11 Å². The van der Waals surface area contributed by atoms with E-state index in [1.165, 1.54) is 16.4 Å². The van der Waals surface area contributed by atoms with Crippen molar-refractivity contribution >= 4 is 34.1 Å². The molecule has 0 N–H and O–H groups in total. The fraction of sp³-hybridized carbons (Fsp3) is 0.400.